The van der Waals surface area contributed by atoms with E-state index >= 15 is 0 Å². The minimum atomic E-state index is -3.90. The van der Waals surface area contributed by atoms with Gasteiger partial charge in [0.2, 0.25) is 0 Å². The lowest BCUT2D eigenvalue weighted by atomic mass is 10.1. The van der Waals surface area contributed by atoms with Crippen LogP contribution in [-0.4, -0.2) is 61.2 Å². The van der Waals surface area contributed by atoms with Crippen molar-refractivity contribution in [3.8, 4) is 0 Å². The fourth-order valence-electron chi connectivity index (χ4n) is 3.09. The molecule has 168 valence electrons. The van der Waals surface area contributed by atoms with E-state index in [2.05, 4.69) is 11.6 Å². The predicted octanol–water partition coefficient (Wildman–Crippen LogP) is 4.36. The van der Waals surface area contributed by atoms with Gasteiger partial charge in [-0.3, -0.25) is 4.57 Å². The van der Waals surface area contributed by atoms with Crippen molar-refractivity contribution in [1.29, 1.82) is 0 Å². The van der Waals surface area contributed by atoms with Crippen LogP contribution < -0.4 is 0 Å². The van der Waals surface area contributed by atoms with Gasteiger partial charge >= 0.3 is 7.60 Å². The molecule has 2 N–H and O–H groups in total. The molecule has 8 nitrogen and oxygen atoms in total. The molecule has 0 saturated carbocycles. The Bertz CT molecular complexity index is 436. The van der Waals surface area contributed by atoms with E-state index in [4.69, 9.17) is 29.1 Å². The number of unbranched alkanes of at least 4 members (excludes halogenated alkanes) is 6. The van der Waals surface area contributed by atoms with Crippen molar-refractivity contribution >= 4 is 7.60 Å². The summed E-state index contributed by atoms with van der Waals surface area (Å²) in [6.07, 6.45) is 9.73. The lowest BCUT2D eigenvalue weighted by Crippen LogP contribution is -2.47. The van der Waals surface area contributed by atoms with E-state index in [1.54, 1.807) is 0 Å². The van der Waals surface area contributed by atoms with Gasteiger partial charge in [0.1, 0.15) is 6.61 Å². The lowest BCUT2D eigenvalue weighted by Gasteiger charge is -2.38. The lowest BCUT2D eigenvalue weighted by molar-refractivity contribution is -0.306. The normalized spacial score (nSPS) is 24.9. The average Bonchev–Trinajstić information content (AvgIpc) is 2.66. The highest BCUT2D eigenvalue weighted by Crippen LogP contribution is 2.40. The first-order valence-electron chi connectivity index (χ1n) is 10.5. The largest absolute Gasteiger partial charge is 0.379 e. The molecule has 3 unspecified atom stereocenters. The van der Waals surface area contributed by atoms with Gasteiger partial charge in [-0.1, -0.05) is 45.4 Å². The highest BCUT2D eigenvalue weighted by Gasteiger charge is 2.34. The minimum Gasteiger partial charge on any atom is -0.379 e. The van der Waals surface area contributed by atoms with E-state index in [-0.39, 0.29) is 31.9 Å². The predicted molar refractivity (Wildman–Crippen MR) is 107 cm³/mol. The van der Waals surface area contributed by atoms with E-state index in [1.165, 1.54) is 38.5 Å². The van der Waals surface area contributed by atoms with Crippen LogP contribution in [0.2, 0.25) is 0 Å². The van der Waals surface area contributed by atoms with Crippen molar-refractivity contribution in [2.75, 3.05) is 39.2 Å². The Kier molecular flexibility index (Phi) is 13.8. The van der Waals surface area contributed by atoms with E-state index in [9.17, 15) is 4.57 Å². The Morgan fingerprint density at radius 2 is 1.75 bits per heavy atom. The molecule has 1 fully saturated rings. The molecule has 0 amide bonds. The Morgan fingerprint density at radius 3 is 2.46 bits per heavy atom. The highest BCUT2D eigenvalue weighted by molar-refractivity contribution is 7.52. The SMILES string of the molecule is CCCCCCCCCOCC1CCOC(C)(COCCCP(=O)(O)OO)O1. The standard InChI is InChI=1S/C19H39O8P/c1-3-4-5-6-7-8-9-12-23-16-18-11-14-25-19(2,26-18)17-24-13-10-15-28(21,22)27-20/h18,20H,3-17H2,1-2H3,(H,21,22). The second kappa shape index (κ2) is 14.9. The van der Waals surface area contributed by atoms with E-state index in [0.717, 1.165) is 19.4 Å². The van der Waals surface area contributed by atoms with Crippen LogP contribution in [0.15, 0.2) is 0 Å². The minimum absolute atomic E-state index is 0.0210. The zero-order valence-electron chi connectivity index (χ0n) is 17.5. The first kappa shape index (κ1) is 26.0. The summed E-state index contributed by atoms with van der Waals surface area (Å²) in [5.74, 6) is -0.845. The fourth-order valence-corrected chi connectivity index (χ4v) is 3.70. The Hall–Kier alpha value is -0.0500. The topological polar surface area (TPSA) is 104 Å². The number of ether oxygens (including phenoxy) is 4. The van der Waals surface area contributed by atoms with Gasteiger partial charge in [-0.15, -0.1) is 0 Å². The fraction of sp³-hybridized carbons (Fsp3) is 1.00. The molecule has 1 aliphatic rings. The van der Waals surface area contributed by atoms with Crippen molar-refractivity contribution in [2.24, 2.45) is 0 Å². The maximum Gasteiger partial charge on any atom is 0.355 e. The third-order valence-electron chi connectivity index (χ3n) is 4.68. The summed E-state index contributed by atoms with van der Waals surface area (Å²) in [6.45, 7) is 6.41. The van der Waals surface area contributed by atoms with Crippen LogP contribution in [-0.2, 0) is 28.2 Å². The molecule has 0 aliphatic carbocycles. The van der Waals surface area contributed by atoms with Crippen molar-refractivity contribution in [3.05, 3.63) is 0 Å². The zero-order chi connectivity index (χ0) is 20.7. The molecule has 1 aliphatic heterocycles. The summed E-state index contributed by atoms with van der Waals surface area (Å²) < 4.78 is 37.6. The maximum absolute atomic E-state index is 11.1. The number of hydrogen-bond acceptors (Lipinski definition) is 7. The molecule has 0 aromatic heterocycles. The van der Waals surface area contributed by atoms with Gasteiger partial charge in [-0.2, -0.15) is 4.67 Å². The molecular formula is C19H39O8P. The third kappa shape index (κ3) is 12.5. The molecule has 1 heterocycles. The molecule has 28 heavy (non-hydrogen) atoms. The first-order valence-corrected chi connectivity index (χ1v) is 12.3. The summed E-state index contributed by atoms with van der Waals surface area (Å²) in [4.78, 5) is 9.11. The quantitative estimate of drug-likeness (QED) is 0.153. The second-order valence-corrected chi connectivity index (χ2v) is 9.44. The van der Waals surface area contributed by atoms with Crippen LogP contribution in [0.1, 0.15) is 71.6 Å². The van der Waals surface area contributed by atoms with Gasteiger partial charge in [0.05, 0.1) is 25.5 Å². The van der Waals surface area contributed by atoms with Crippen molar-refractivity contribution in [2.45, 2.75) is 83.5 Å². The number of rotatable bonds is 17. The van der Waals surface area contributed by atoms with Crippen LogP contribution >= 0.6 is 7.60 Å². The third-order valence-corrected chi connectivity index (χ3v) is 5.82. The molecule has 0 spiro atoms. The van der Waals surface area contributed by atoms with Crippen molar-refractivity contribution in [3.63, 3.8) is 0 Å². The van der Waals surface area contributed by atoms with Gasteiger partial charge in [0, 0.05) is 13.2 Å². The van der Waals surface area contributed by atoms with Crippen LogP contribution in [0.4, 0.5) is 0 Å². The van der Waals surface area contributed by atoms with Crippen molar-refractivity contribution in [1.82, 2.24) is 0 Å². The van der Waals surface area contributed by atoms with Gasteiger partial charge in [0.15, 0.2) is 5.79 Å². The van der Waals surface area contributed by atoms with Crippen molar-refractivity contribution < 1.29 is 38.3 Å². The van der Waals surface area contributed by atoms with Crippen LogP contribution in [0, 0.1) is 0 Å². The summed E-state index contributed by atoms with van der Waals surface area (Å²) in [6, 6.07) is 0. The van der Waals surface area contributed by atoms with Crippen LogP contribution in [0.5, 0.6) is 0 Å². The van der Waals surface area contributed by atoms with Gasteiger partial charge in [0.25, 0.3) is 0 Å². The van der Waals surface area contributed by atoms with E-state index < -0.39 is 13.4 Å². The summed E-state index contributed by atoms with van der Waals surface area (Å²) >= 11 is 0. The smallest absolute Gasteiger partial charge is 0.355 e. The monoisotopic (exact) mass is 426 g/mol. The molecule has 0 radical (unpaired) electrons. The first-order chi connectivity index (χ1) is 13.4. The molecule has 9 heteroatoms. The molecular weight excluding hydrogens is 387 g/mol. The van der Waals surface area contributed by atoms with Gasteiger partial charge in [-0.05, 0) is 26.2 Å². The summed E-state index contributed by atoms with van der Waals surface area (Å²) in [7, 11) is -3.90. The van der Waals surface area contributed by atoms with Gasteiger partial charge in [-0.25, -0.2) is 5.26 Å². The van der Waals surface area contributed by atoms with E-state index in [1.807, 2.05) is 6.92 Å². The van der Waals surface area contributed by atoms with Gasteiger partial charge < -0.3 is 23.8 Å². The summed E-state index contributed by atoms with van der Waals surface area (Å²) in [5.41, 5.74) is 0. The number of hydrogen-bond donors (Lipinski definition) is 2. The Labute approximate surface area is 169 Å². The zero-order valence-corrected chi connectivity index (χ0v) is 18.4. The van der Waals surface area contributed by atoms with E-state index in [0.29, 0.717) is 13.2 Å². The van der Waals surface area contributed by atoms with Crippen LogP contribution in [0.3, 0.4) is 0 Å². The second-order valence-electron chi connectivity index (χ2n) is 7.56. The van der Waals surface area contributed by atoms with Crippen LogP contribution in [0.25, 0.3) is 0 Å². The molecule has 0 bridgehead atoms. The molecule has 0 aromatic rings. The summed E-state index contributed by atoms with van der Waals surface area (Å²) in [5, 5.41) is 8.28. The Balaban J connectivity index is 2.08. The highest BCUT2D eigenvalue weighted by atomic mass is 31.2. The maximum atomic E-state index is 11.1. The molecule has 3 atom stereocenters. The molecule has 1 saturated heterocycles. The molecule has 0 aromatic carbocycles. The molecule has 1 rings (SSSR count). The average molecular weight is 426 g/mol. The Morgan fingerprint density at radius 1 is 1.07 bits per heavy atom.